The Morgan fingerprint density at radius 2 is 1.04 bits per heavy atom. The summed E-state index contributed by atoms with van der Waals surface area (Å²) in [7, 11) is 0. The minimum atomic E-state index is 0.574. The van der Waals surface area contributed by atoms with Crippen molar-refractivity contribution in [2.45, 2.75) is 201 Å². The summed E-state index contributed by atoms with van der Waals surface area (Å²) in [6, 6.07) is 2.53. The third kappa shape index (κ3) is 4.52. The smallest absolute Gasteiger partial charge is 0.0766 e. The summed E-state index contributed by atoms with van der Waals surface area (Å²) >= 11 is 2.60. The molecule has 0 aromatic rings. The molecule has 4 heterocycles. The SMILES string of the molecule is C1CCC2C(C1)OC1C2CCCC1N1C2CCCCC2C2CC(C3CCCC4C5CCC6OC7CCCCC7C6C5SC34)CCC21. The predicted octanol–water partition coefficient (Wildman–Crippen LogP) is 9.66. The topological polar surface area (TPSA) is 21.7 Å². The molecule has 256 valence electrons. The summed E-state index contributed by atoms with van der Waals surface area (Å²) in [5.74, 6) is 9.72. The summed E-state index contributed by atoms with van der Waals surface area (Å²) in [6.07, 6.45) is 36.6. The Morgan fingerprint density at radius 1 is 0.391 bits per heavy atom. The normalized spacial score (nSPS) is 59.3. The number of nitrogens with zero attached hydrogens (tertiary/aromatic N) is 1. The molecule has 0 N–H and O–H groups in total. The van der Waals surface area contributed by atoms with Crippen LogP contribution in [0, 0.1) is 59.2 Å². The molecule has 0 radical (unpaired) electrons. The van der Waals surface area contributed by atoms with Crippen LogP contribution in [-0.2, 0) is 9.47 Å². The van der Waals surface area contributed by atoms with Crippen molar-refractivity contribution in [1.82, 2.24) is 4.90 Å². The monoisotopic (exact) mass is 647 g/mol. The lowest BCUT2D eigenvalue weighted by Crippen LogP contribution is -2.55. The van der Waals surface area contributed by atoms with E-state index in [4.69, 9.17) is 9.47 Å². The zero-order chi connectivity index (χ0) is 29.9. The average molecular weight is 648 g/mol. The molecule has 11 fully saturated rings. The zero-order valence-corrected chi connectivity index (χ0v) is 29.7. The molecule has 7 saturated carbocycles. The Balaban J connectivity index is 0.836. The number of rotatable bonds is 2. The van der Waals surface area contributed by atoms with E-state index < -0.39 is 0 Å². The number of ether oxygens (including phenoxy) is 2. The highest BCUT2D eigenvalue weighted by atomic mass is 32.2. The van der Waals surface area contributed by atoms with Crippen LogP contribution < -0.4 is 0 Å². The fourth-order valence-corrected chi connectivity index (χ4v) is 19.0. The number of hydrogen-bond acceptors (Lipinski definition) is 4. The second kappa shape index (κ2) is 11.9. The van der Waals surface area contributed by atoms with Crippen LogP contribution in [0.25, 0.3) is 0 Å². The largest absolute Gasteiger partial charge is 0.374 e. The zero-order valence-electron chi connectivity index (χ0n) is 28.9. The molecule has 0 aromatic carbocycles. The Kier molecular flexibility index (Phi) is 7.74. The molecule has 0 aromatic heterocycles. The van der Waals surface area contributed by atoms with E-state index in [2.05, 4.69) is 16.7 Å². The van der Waals surface area contributed by atoms with Crippen molar-refractivity contribution in [2.24, 2.45) is 59.2 Å². The molecule has 19 atom stereocenters. The standard InChI is InChI=1S/C42H65NO2S/c1-4-15-33-26(9-1)32-23-24(19-21-34(32)43(33)35-16-8-13-28-27-10-2-5-17-36(27)45-40(28)35)25-12-7-14-29-30-20-22-38-39(42(30)46-41(25)29)31-11-3-6-18-37(31)44-38/h24-42H,1-23H2. The molecule has 11 aliphatic rings. The van der Waals surface area contributed by atoms with Gasteiger partial charge in [0.1, 0.15) is 0 Å². The number of fused-ring (bicyclic) bond motifs is 13. The van der Waals surface area contributed by atoms with Gasteiger partial charge in [0.2, 0.25) is 0 Å². The van der Waals surface area contributed by atoms with Crippen molar-refractivity contribution in [3.05, 3.63) is 0 Å². The Hall–Kier alpha value is 0.230. The maximum Gasteiger partial charge on any atom is 0.0766 e. The molecule has 4 saturated heterocycles. The van der Waals surface area contributed by atoms with Crippen LogP contribution >= 0.6 is 11.8 Å². The van der Waals surface area contributed by atoms with E-state index in [1.54, 1.807) is 38.5 Å². The van der Waals surface area contributed by atoms with Crippen LogP contribution in [0.4, 0.5) is 0 Å². The molecule has 7 aliphatic carbocycles. The first-order chi connectivity index (χ1) is 22.8. The highest BCUT2D eigenvalue weighted by Crippen LogP contribution is 2.65. The minimum absolute atomic E-state index is 0.574. The van der Waals surface area contributed by atoms with Crippen molar-refractivity contribution in [2.75, 3.05) is 0 Å². The van der Waals surface area contributed by atoms with Crippen LogP contribution in [0.5, 0.6) is 0 Å². The van der Waals surface area contributed by atoms with Crippen molar-refractivity contribution in [3.63, 3.8) is 0 Å². The maximum atomic E-state index is 7.17. The third-order valence-corrected chi connectivity index (χ3v) is 19.8. The number of hydrogen-bond donors (Lipinski definition) is 0. The fourth-order valence-electron chi connectivity index (χ4n) is 16.4. The van der Waals surface area contributed by atoms with E-state index >= 15 is 0 Å². The Morgan fingerprint density at radius 3 is 1.96 bits per heavy atom. The quantitative estimate of drug-likeness (QED) is 0.298. The Labute approximate surface area is 285 Å². The van der Waals surface area contributed by atoms with Gasteiger partial charge in [0, 0.05) is 34.5 Å². The van der Waals surface area contributed by atoms with E-state index in [0.717, 1.165) is 87.8 Å². The maximum absolute atomic E-state index is 7.17. The molecule has 46 heavy (non-hydrogen) atoms. The fraction of sp³-hybridized carbons (Fsp3) is 1.00. The second-order valence-corrected chi connectivity index (χ2v) is 20.7. The van der Waals surface area contributed by atoms with Crippen molar-refractivity contribution < 1.29 is 9.47 Å². The van der Waals surface area contributed by atoms with Gasteiger partial charge >= 0.3 is 0 Å². The molecule has 4 heteroatoms. The highest BCUT2D eigenvalue weighted by Gasteiger charge is 2.62. The molecular weight excluding hydrogens is 583 g/mol. The third-order valence-electron chi connectivity index (χ3n) is 17.9. The lowest BCUT2D eigenvalue weighted by Gasteiger charge is -2.48. The van der Waals surface area contributed by atoms with E-state index in [1.807, 2.05) is 0 Å². The van der Waals surface area contributed by atoms with Crippen molar-refractivity contribution in [3.8, 4) is 0 Å². The van der Waals surface area contributed by atoms with Gasteiger partial charge in [-0.15, -0.1) is 0 Å². The van der Waals surface area contributed by atoms with Gasteiger partial charge < -0.3 is 9.47 Å². The van der Waals surface area contributed by atoms with Gasteiger partial charge in [0.15, 0.2) is 0 Å². The highest BCUT2D eigenvalue weighted by molar-refractivity contribution is 8.00. The van der Waals surface area contributed by atoms with Gasteiger partial charge in [-0.25, -0.2) is 0 Å². The first-order valence-electron chi connectivity index (χ1n) is 21.6. The molecule has 0 amide bonds. The van der Waals surface area contributed by atoms with Gasteiger partial charge in [0.25, 0.3) is 0 Å². The van der Waals surface area contributed by atoms with Crippen LogP contribution in [-0.4, -0.2) is 57.9 Å². The number of likely N-dealkylation sites (tertiary alicyclic amines) is 1. The summed E-state index contributed by atoms with van der Waals surface area (Å²) in [5, 5.41) is 1.93. The first-order valence-corrected chi connectivity index (χ1v) is 22.5. The molecule has 19 unspecified atom stereocenters. The van der Waals surface area contributed by atoms with Crippen LogP contribution in [0.1, 0.15) is 148 Å². The molecule has 0 spiro atoms. The Bertz CT molecular complexity index is 1130. The van der Waals surface area contributed by atoms with E-state index in [9.17, 15) is 0 Å². The van der Waals surface area contributed by atoms with E-state index in [0.29, 0.717) is 24.4 Å². The lowest BCUT2D eigenvalue weighted by atomic mass is 9.60. The van der Waals surface area contributed by atoms with Gasteiger partial charge in [-0.2, -0.15) is 11.8 Å². The van der Waals surface area contributed by atoms with Crippen molar-refractivity contribution >= 4 is 11.8 Å². The van der Waals surface area contributed by atoms with Gasteiger partial charge in [-0.3, -0.25) is 4.90 Å². The minimum Gasteiger partial charge on any atom is -0.374 e. The second-order valence-electron chi connectivity index (χ2n) is 19.3. The van der Waals surface area contributed by atoms with Crippen molar-refractivity contribution in [1.29, 1.82) is 0 Å². The molecule has 4 aliphatic heterocycles. The summed E-state index contributed by atoms with van der Waals surface area (Å²) in [6.45, 7) is 0. The first kappa shape index (κ1) is 29.9. The van der Waals surface area contributed by atoms with Gasteiger partial charge in [0.05, 0.1) is 24.4 Å². The summed E-state index contributed by atoms with van der Waals surface area (Å²) < 4.78 is 14.0. The molecule has 0 bridgehead atoms. The van der Waals surface area contributed by atoms with E-state index in [-0.39, 0.29) is 0 Å². The van der Waals surface area contributed by atoms with Crippen LogP contribution in [0.2, 0.25) is 0 Å². The van der Waals surface area contributed by atoms with Gasteiger partial charge in [-0.1, -0.05) is 51.4 Å². The summed E-state index contributed by atoms with van der Waals surface area (Å²) in [5.41, 5.74) is 0. The molecular formula is C42H65NO2S. The number of thioether (sulfide) groups is 1. The average Bonchev–Trinajstić information content (AvgIpc) is 3.86. The van der Waals surface area contributed by atoms with Crippen LogP contribution in [0.3, 0.4) is 0 Å². The predicted molar refractivity (Wildman–Crippen MR) is 187 cm³/mol. The molecule has 11 rings (SSSR count). The van der Waals surface area contributed by atoms with Gasteiger partial charge in [-0.05, 0) is 150 Å². The molecule has 3 nitrogen and oxygen atoms in total. The van der Waals surface area contributed by atoms with E-state index in [1.165, 1.54) is 109 Å². The van der Waals surface area contributed by atoms with Crippen LogP contribution in [0.15, 0.2) is 0 Å². The summed E-state index contributed by atoms with van der Waals surface area (Å²) in [4.78, 5) is 3.28. The lowest BCUT2D eigenvalue weighted by molar-refractivity contribution is -0.0680.